The minimum Gasteiger partial charge on any atom is -0.390 e. The third-order valence-corrected chi connectivity index (χ3v) is 6.18. The normalized spacial score (nSPS) is 18.0. The number of anilines is 1. The van der Waals surface area contributed by atoms with Crippen LogP contribution >= 0.6 is 0 Å². The van der Waals surface area contributed by atoms with Gasteiger partial charge in [-0.2, -0.15) is 0 Å². The molecule has 0 spiro atoms. The summed E-state index contributed by atoms with van der Waals surface area (Å²) >= 11 is 0. The lowest BCUT2D eigenvalue weighted by molar-refractivity contribution is -0.129. The lowest BCUT2D eigenvalue weighted by atomic mass is 10.1. The van der Waals surface area contributed by atoms with Crippen molar-refractivity contribution in [1.82, 2.24) is 39.8 Å². The van der Waals surface area contributed by atoms with E-state index < -0.39 is 6.10 Å². The zero-order valence-electron chi connectivity index (χ0n) is 19.1. The largest absolute Gasteiger partial charge is 0.390 e. The number of likely N-dealkylation sites (tertiary alicyclic amines) is 1. The van der Waals surface area contributed by atoms with Crippen LogP contribution in [0.1, 0.15) is 41.9 Å². The number of fused-ring (bicyclic) bond motifs is 1. The Labute approximate surface area is 192 Å². The maximum Gasteiger partial charge on any atom is 0.270 e. The number of hydrogen-bond donors (Lipinski definition) is 3. The number of aliphatic hydroxyl groups excluding tert-OH is 1. The molecule has 1 fully saturated rings. The number of β-amino-alcohol motifs (C(OH)–C–C–N with tert-alkyl or cyclic N) is 1. The Kier molecular flexibility index (Phi) is 7.14. The van der Waals surface area contributed by atoms with Crippen LogP contribution in [0.2, 0.25) is 0 Å². The molecule has 1 atom stereocenters. The molecule has 2 amide bonds. The standard InChI is InChI=1S/C21H31N9O3/c1-14-26-27-20-12-28(7-8-30(14)20)11-17(32)10-22-21(33)18-9-19(24-13-23-18)25-16-3-5-29(6-4-16)15(2)31/h9,13,16-17,32H,3-8,10-12H2,1-2H3,(H,22,33)(H,23,24,25)/t17-/m0/s1. The molecule has 0 bridgehead atoms. The molecule has 3 N–H and O–H groups in total. The van der Waals surface area contributed by atoms with Crippen LogP contribution < -0.4 is 10.6 Å². The summed E-state index contributed by atoms with van der Waals surface area (Å²) in [4.78, 5) is 36.2. The topological polar surface area (TPSA) is 141 Å². The van der Waals surface area contributed by atoms with Gasteiger partial charge in [-0.15, -0.1) is 10.2 Å². The molecule has 0 saturated carbocycles. The summed E-state index contributed by atoms with van der Waals surface area (Å²) in [6.07, 6.45) is 2.29. The van der Waals surface area contributed by atoms with Gasteiger partial charge in [0.1, 0.15) is 29.5 Å². The van der Waals surface area contributed by atoms with E-state index in [-0.39, 0.29) is 30.1 Å². The van der Waals surface area contributed by atoms with E-state index in [0.717, 1.165) is 37.6 Å². The summed E-state index contributed by atoms with van der Waals surface area (Å²) in [5.41, 5.74) is 0.238. The maximum absolute atomic E-state index is 12.6. The van der Waals surface area contributed by atoms with E-state index >= 15 is 0 Å². The Morgan fingerprint density at radius 3 is 2.73 bits per heavy atom. The fraction of sp³-hybridized carbons (Fsp3) is 0.619. The molecule has 4 heterocycles. The van der Waals surface area contributed by atoms with Gasteiger partial charge in [0.25, 0.3) is 5.91 Å². The van der Waals surface area contributed by atoms with Gasteiger partial charge in [0, 0.05) is 58.3 Å². The highest BCUT2D eigenvalue weighted by atomic mass is 16.3. The Morgan fingerprint density at radius 1 is 1.18 bits per heavy atom. The molecule has 33 heavy (non-hydrogen) atoms. The Bertz CT molecular complexity index is 987. The Balaban J connectivity index is 1.23. The van der Waals surface area contributed by atoms with Gasteiger partial charge in [-0.3, -0.25) is 14.5 Å². The average molecular weight is 458 g/mol. The van der Waals surface area contributed by atoms with Crippen molar-refractivity contribution in [2.75, 3.05) is 38.0 Å². The molecule has 1 saturated heterocycles. The van der Waals surface area contributed by atoms with Crippen molar-refractivity contribution < 1.29 is 14.7 Å². The first-order chi connectivity index (χ1) is 15.9. The lowest BCUT2D eigenvalue weighted by Crippen LogP contribution is -2.43. The number of aromatic nitrogens is 5. The van der Waals surface area contributed by atoms with Crippen molar-refractivity contribution in [2.45, 2.75) is 51.9 Å². The van der Waals surface area contributed by atoms with Crippen LogP contribution in [-0.2, 0) is 17.9 Å². The molecule has 0 radical (unpaired) electrons. The van der Waals surface area contributed by atoms with Crippen molar-refractivity contribution in [3.63, 3.8) is 0 Å². The van der Waals surface area contributed by atoms with Crippen LogP contribution in [0.25, 0.3) is 0 Å². The summed E-state index contributed by atoms with van der Waals surface area (Å²) in [6.45, 7) is 7.69. The predicted molar refractivity (Wildman–Crippen MR) is 119 cm³/mol. The van der Waals surface area contributed by atoms with Gasteiger partial charge in [0.2, 0.25) is 5.91 Å². The third kappa shape index (κ3) is 5.82. The van der Waals surface area contributed by atoms with Crippen molar-refractivity contribution >= 4 is 17.6 Å². The van der Waals surface area contributed by atoms with Gasteiger partial charge in [0.05, 0.1) is 12.6 Å². The van der Waals surface area contributed by atoms with E-state index in [1.165, 1.54) is 6.33 Å². The number of rotatable bonds is 7. The molecular formula is C21H31N9O3. The van der Waals surface area contributed by atoms with E-state index in [1.807, 2.05) is 11.8 Å². The molecule has 178 valence electrons. The van der Waals surface area contributed by atoms with Crippen molar-refractivity contribution in [2.24, 2.45) is 0 Å². The fourth-order valence-corrected chi connectivity index (χ4v) is 4.28. The van der Waals surface area contributed by atoms with Crippen molar-refractivity contribution in [1.29, 1.82) is 0 Å². The first-order valence-corrected chi connectivity index (χ1v) is 11.3. The van der Waals surface area contributed by atoms with Gasteiger partial charge >= 0.3 is 0 Å². The van der Waals surface area contributed by atoms with Crippen molar-refractivity contribution in [3.8, 4) is 0 Å². The highest BCUT2D eigenvalue weighted by molar-refractivity contribution is 5.92. The summed E-state index contributed by atoms with van der Waals surface area (Å²) in [7, 11) is 0. The number of aryl methyl sites for hydroxylation is 1. The van der Waals surface area contributed by atoms with Crippen LogP contribution in [0.15, 0.2) is 12.4 Å². The number of nitrogens with one attached hydrogen (secondary N) is 2. The second-order valence-corrected chi connectivity index (χ2v) is 8.63. The first-order valence-electron chi connectivity index (χ1n) is 11.3. The zero-order chi connectivity index (χ0) is 23.4. The molecule has 0 aromatic carbocycles. The van der Waals surface area contributed by atoms with Gasteiger partial charge in [-0.25, -0.2) is 9.97 Å². The molecule has 12 nitrogen and oxygen atoms in total. The molecule has 4 rings (SSSR count). The van der Waals surface area contributed by atoms with Crippen LogP contribution in [0.4, 0.5) is 5.82 Å². The third-order valence-electron chi connectivity index (χ3n) is 6.18. The molecule has 12 heteroatoms. The van der Waals surface area contributed by atoms with Gasteiger partial charge < -0.3 is 25.2 Å². The summed E-state index contributed by atoms with van der Waals surface area (Å²) < 4.78 is 2.08. The molecule has 2 aliphatic rings. The number of carbonyl (C=O) groups excluding carboxylic acids is 2. The van der Waals surface area contributed by atoms with Gasteiger partial charge in [-0.05, 0) is 19.8 Å². The maximum atomic E-state index is 12.6. The SMILES string of the molecule is CC(=O)N1CCC(Nc2cc(C(=O)NC[C@H](O)CN3CCn4c(C)nnc4C3)ncn2)CC1. The van der Waals surface area contributed by atoms with E-state index in [2.05, 4.69) is 40.3 Å². The Morgan fingerprint density at radius 2 is 1.97 bits per heavy atom. The molecule has 2 aromatic heterocycles. The number of aliphatic hydroxyl groups is 1. The van der Waals surface area contributed by atoms with Crippen LogP contribution in [-0.4, -0.2) is 96.3 Å². The average Bonchev–Trinajstić information content (AvgIpc) is 3.18. The molecule has 2 aromatic rings. The summed E-state index contributed by atoms with van der Waals surface area (Å²) in [5, 5.41) is 24.8. The smallest absolute Gasteiger partial charge is 0.270 e. The van der Waals surface area contributed by atoms with Crippen LogP contribution in [0.3, 0.4) is 0 Å². The second-order valence-electron chi connectivity index (χ2n) is 8.63. The van der Waals surface area contributed by atoms with Gasteiger partial charge in [0.15, 0.2) is 0 Å². The fourth-order valence-electron chi connectivity index (χ4n) is 4.28. The second kappa shape index (κ2) is 10.2. The molecule has 0 unspecified atom stereocenters. The number of amides is 2. The van der Waals surface area contributed by atoms with Crippen LogP contribution in [0, 0.1) is 6.92 Å². The zero-order valence-corrected chi connectivity index (χ0v) is 19.1. The highest BCUT2D eigenvalue weighted by Crippen LogP contribution is 2.16. The molecular weight excluding hydrogens is 426 g/mol. The summed E-state index contributed by atoms with van der Waals surface area (Å²) in [5.74, 6) is 2.10. The number of hydrogen-bond acceptors (Lipinski definition) is 9. The predicted octanol–water partition coefficient (Wildman–Crippen LogP) is -0.594. The van der Waals surface area contributed by atoms with E-state index in [4.69, 9.17) is 0 Å². The Hall–Kier alpha value is -3.12. The van der Waals surface area contributed by atoms with Crippen molar-refractivity contribution in [3.05, 3.63) is 29.7 Å². The van der Waals surface area contributed by atoms with Crippen LogP contribution in [0.5, 0.6) is 0 Å². The molecule has 0 aliphatic carbocycles. The number of piperidine rings is 1. The summed E-state index contributed by atoms with van der Waals surface area (Å²) in [6, 6.07) is 1.80. The monoisotopic (exact) mass is 457 g/mol. The number of nitrogens with zero attached hydrogens (tertiary/aromatic N) is 7. The minimum atomic E-state index is -0.713. The first kappa shape index (κ1) is 23.1. The van der Waals surface area contributed by atoms with Gasteiger partial charge in [-0.1, -0.05) is 0 Å². The van der Waals surface area contributed by atoms with E-state index in [1.54, 1.807) is 13.0 Å². The molecule has 2 aliphatic heterocycles. The van der Waals surface area contributed by atoms with E-state index in [0.29, 0.717) is 32.0 Å². The quantitative estimate of drug-likeness (QED) is 0.497. The van der Waals surface area contributed by atoms with E-state index in [9.17, 15) is 14.7 Å². The number of carbonyl (C=O) groups is 2. The minimum absolute atomic E-state index is 0.0929. The highest BCUT2D eigenvalue weighted by Gasteiger charge is 2.23. The lowest BCUT2D eigenvalue weighted by Gasteiger charge is -2.31.